The van der Waals surface area contributed by atoms with Gasteiger partial charge in [0.15, 0.2) is 18.1 Å². The number of aromatic amines is 1. The molecule has 12 heteroatoms. The SMILES string of the molecule is CCOc1cc([C@@H]2c3sc(=O)[nH]c3S[C@@H]3[C@@H]4C[C@@H]([C@@H]5C(=O)N(c6ccc(C)cc6)C(=O)[C@@H]45)[C@H]23)ccc1OCC(=O)Nc1ccc(O)cc1. The molecule has 2 aliphatic carbocycles. The van der Waals surface area contributed by atoms with E-state index in [1.54, 1.807) is 30.0 Å². The molecule has 10 nitrogen and oxygen atoms in total. The zero-order chi connectivity index (χ0) is 33.3. The fourth-order valence-electron chi connectivity index (χ4n) is 8.33. The van der Waals surface area contributed by atoms with Crippen LogP contribution in [0.25, 0.3) is 0 Å². The Hall–Kier alpha value is -4.55. The van der Waals surface area contributed by atoms with Crippen LogP contribution in [0.2, 0.25) is 0 Å². The maximum absolute atomic E-state index is 14.0. The van der Waals surface area contributed by atoms with E-state index in [2.05, 4.69) is 10.3 Å². The van der Waals surface area contributed by atoms with Gasteiger partial charge < -0.3 is 24.9 Å². The number of thioether (sulfide) groups is 1. The number of aromatic nitrogens is 1. The Labute approximate surface area is 284 Å². The molecule has 3 aromatic carbocycles. The van der Waals surface area contributed by atoms with Gasteiger partial charge in [-0.2, -0.15) is 0 Å². The molecule has 4 aromatic rings. The number of phenols is 1. The Morgan fingerprint density at radius 2 is 1.69 bits per heavy atom. The number of anilines is 2. The molecule has 2 saturated carbocycles. The molecule has 1 saturated heterocycles. The van der Waals surface area contributed by atoms with Crippen molar-refractivity contribution < 1.29 is 29.0 Å². The highest BCUT2D eigenvalue weighted by Gasteiger charge is 2.69. The first-order valence-corrected chi connectivity index (χ1v) is 17.7. The number of H-pyrrole nitrogens is 1. The van der Waals surface area contributed by atoms with Crippen molar-refractivity contribution >= 4 is 52.2 Å². The lowest BCUT2D eigenvalue weighted by atomic mass is 9.68. The lowest BCUT2D eigenvalue weighted by Crippen LogP contribution is -2.42. The fourth-order valence-corrected chi connectivity index (χ4v) is 11.2. The maximum Gasteiger partial charge on any atom is 0.305 e. The predicted molar refractivity (Wildman–Crippen MR) is 182 cm³/mol. The summed E-state index contributed by atoms with van der Waals surface area (Å²) in [6.07, 6.45) is 0.794. The van der Waals surface area contributed by atoms with Crippen molar-refractivity contribution in [2.45, 2.75) is 36.5 Å². The quantitative estimate of drug-likeness (QED) is 0.163. The number of amides is 3. The third kappa shape index (κ3) is 5.00. The Morgan fingerprint density at radius 1 is 0.958 bits per heavy atom. The Morgan fingerprint density at radius 3 is 2.42 bits per heavy atom. The largest absolute Gasteiger partial charge is 0.508 e. The number of benzene rings is 3. The average Bonchev–Trinajstić information content (AvgIpc) is 3.81. The van der Waals surface area contributed by atoms with Gasteiger partial charge in [0.05, 0.1) is 29.2 Å². The molecular weight excluding hydrogens is 651 g/mol. The second kappa shape index (κ2) is 11.9. The van der Waals surface area contributed by atoms with Gasteiger partial charge in [-0.15, -0.1) is 11.8 Å². The lowest BCUT2D eigenvalue weighted by molar-refractivity contribution is -0.123. The molecule has 3 heterocycles. The number of thiazole rings is 1. The van der Waals surface area contributed by atoms with Gasteiger partial charge in [0.2, 0.25) is 11.8 Å². The van der Waals surface area contributed by atoms with Gasteiger partial charge in [0, 0.05) is 21.7 Å². The Bertz CT molecular complexity index is 1990. The minimum absolute atomic E-state index is 0.0158. The smallest absolute Gasteiger partial charge is 0.305 e. The van der Waals surface area contributed by atoms with Gasteiger partial charge in [-0.1, -0.05) is 35.1 Å². The van der Waals surface area contributed by atoms with Gasteiger partial charge in [0.1, 0.15) is 5.75 Å². The molecule has 48 heavy (non-hydrogen) atoms. The van der Waals surface area contributed by atoms with Crippen molar-refractivity contribution in [3.8, 4) is 17.2 Å². The number of nitrogens with zero attached hydrogens (tertiary/aromatic N) is 1. The number of carbonyl (C=O) groups excluding carboxylic acids is 3. The van der Waals surface area contributed by atoms with Crippen LogP contribution in [-0.4, -0.2) is 46.3 Å². The van der Waals surface area contributed by atoms with E-state index in [-0.39, 0.29) is 69.8 Å². The Balaban J connectivity index is 1.10. The number of aryl methyl sites for hydroxylation is 1. The van der Waals surface area contributed by atoms with Crippen LogP contribution in [0.4, 0.5) is 11.4 Å². The van der Waals surface area contributed by atoms with Gasteiger partial charge in [-0.05, 0) is 92.1 Å². The van der Waals surface area contributed by atoms with Gasteiger partial charge in [-0.3, -0.25) is 24.1 Å². The number of ether oxygens (including phenoxy) is 2. The van der Waals surface area contributed by atoms with E-state index in [9.17, 15) is 24.3 Å². The van der Waals surface area contributed by atoms with Crippen molar-refractivity contribution in [1.82, 2.24) is 4.98 Å². The summed E-state index contributed by atoms with van der Waals surface area (Å²) in [6, 6.07) is 19.4. The summed E-state index contributed by atoms with van der Waals surface area (Å²) < 4.78 is 11.9. The molecule has 2 aliphatic heterocycles. The van der Waals surface area contributed by atoms with Crippen LogP contribution in [0.5, 0.6) is 17.2 Å². The highest BCUT2D eigenvalue weighted by molar-refractivity contribution is 8.00. The number of hydrogen-bond acceptors (Lipinski definition) is 9. The standard InChI is InChI=1S/C36H33N3O7S2/c1-3-45-25-14-18(6-13-24(25)46-16-26(41)37-19-7-11-21(40)12-8-19)27-28-22-15-23(31(28)47-33-32(27)48-36(44)38-33)30-29(22)34(42)39(35(30)43)20-9-4-17(2)5-10-20/h4-14,22-23,27-31,40H,3,15-16H2,1-2H3,(H,37,41)(H,38,44)/t22-,23-,27+,28-,29+,30+,31-/m1/s1. The van der Waals surface area contributed by atoms with E-state index in [0.29, 0.717) is 29.5 Å². The molecule has 8 rings (SSSR count). The predicted octanol–water partition coefficient (Wildman–Crippen LogP) is 5.54. The van der Waals surface area contributed by atoms with E-state index in [4.69, 9.17) is 9.47 Å². The molecule has 246 valence electrons. The minimum atomic E-state index is -0.397. The summed E-state index contributed by atoms with van der Waals surface area (Å²) in [5.74, 6) is -0.540. The lowest BCUT2D eigenvalue weighted by Gasteiger charge is -2.43. The van der Waals surface area contributed by atoms with E-state index < -0.39 is 5.92 Å². The summed E-state index contributed by atoms with van der Waals surface area (Å²) >= 11 is 2.85. The zero-order valence-corrected chi connectivity index (χ0v) is 27.8. The van der Waals surface area contributed by atoms with Gasteiger partial charge in [-0.25, -0.2) is 0 Å². The summed E-state index contributed by atoms with van der Waals surface area (Å²) in [5.41, 5.74) is 3.14. The molecular formula is C36H33N3O7S2. The fraction of sp³-hybridized carbons (Fsp3) is 0.333. The van der Waals surface area contributed by atoms with E-state index in [1.807, 2.05) is 50.2 Å². The normalized spacial score (nSPS) is 26.6. The van der Waals surface area contributed by atoms with E-state index in [0.717, 1.165) is 27.5 Å². The van der Waals surface area contributed by atoms with Crippen molar-refractivity contribution in [2.75, 3.05) is 23.4 Å². The first-order valence-electron chi connectivity index (χ1n) is 16.0. The number of carbonyl (C=O) groups is 3. The number of imide groups is 1. The first-order chi connectivity index (χ1) is 23.2. The summed E-state index contributed by atoms with van der Waals surface area (Å²) in [5, 5.41) is 13.1. The first kappa shape index (κ1) is 30.8. The average molecular weight is 684 g/mol. The van der Waals surface area contributed by atoms with Crippen molar-refractivity contribution in [1.29, 1.82) is 0 Å². The van der Waals surface area contributed by atoms with Crippen LogP contribution in [0, 0.1) is 36.5 Å². The number of nitrogens with one attached hydrogen (secondary N) is 2. The van der Waals surface area contributed by atoms with Crippen molar-refractivity contribution in [2.24, 2.45) is 29.6 Å². The molecule has 7 atom stereocenters. The van der Waals surface area contributed by atoms with E-state index >= 15 is 0 Å². The number of phenolic OH excluding ortho intramolecular Hbond substituents is 1. The summed E-state index contributed by atoms with van der Waals surface area (Å²) in [4.78, 5) is 58.5. The molecule has 3 N–H and O–H groups in total. The van der Waals surface area contributed by atoms with Crippen LogP contribution in [0.1, 0.15) is 35.3 Å². The molecule has 3 fully saturated rings. The monoisotopic (exact) mass is 683 g/mol. The zero-order valence-electron chi connectivity index (χ0n) is 26.2. The highest BCUT2D eigenvalue weighted by atomic mass is 32.2. The van der Waals surface area contributed by atoms with Crippen molar-refractivity contribution in [3.63, 3.8) is 0 Å². The molecule has 0 spiro atoms. The number of rotatable bonds is 8. The van der Waals surface area contributed by atoms with Crippen molar-refractivity contribution in [3.05, 3.63) is 92.4 Å². The van der Waals surface area contributed by atoms with E-state index in [1.165, 1.54) is 28.4 Å². The molecule has 1 aromatic heterocycles. The summed E-state index contributed by atoms with van der Waals surface area (Å²) in [6.45, 7) is 3.96. The molecule has 2 bridgehead atoms. The van der Waals surface area contributed by atoms with Crippen LogP contribution < -0.4 is 24.6 Å². The Kier molecular flexibility index (Phi) is 7.59. The number of hydrogen-bond donors (Lipinski definition) is 3. The minimum Gasteiger partial charge on any atom is -0.508 e. The third-order valence-electron chi connectivity index (χ3n) is 10.2. The van der Waals surface area contributed by atoms with Crippen LogP contribution in [0.3, 0.4) is 0 Å². The second-order valence-electron chi connectivity index (χ2n) is 12.8. The molecule has 0 unspecified atom stereocenters. The molecule has 0 radical (unpaired) electrons. The van der Waals surface area contributed by atoms with Gasteiger partial charge >= 0.3 is 4.87 Å². The molecule has 4 aliphatic rings. The van der Waals surface area contributed by atoms with Crippen LogP contribution in [-0.2, 0) is 14.4 Å². The second-order valence-corrected chi connectivity index (χ2v) is 15.0. The number of aromatic hydroxyl groups is 1. The van der Waals surface area contributed by atoms with Crippen LogP contribution >= 0.6 is 23.1 Å². The molecule has 3 amide bonds. The van der Waals surface area contributed by atoms with Gasteiger partial charge in [0.25, 0.3) is 5.91 Å². The van der Waals surface area contributed by atoms with Crippen LogP contribution in [0.15, 0.2) is 76.6 Å². The third-order valence-corrected chi connectivity index (χ3v) is 12.7. The highest BCUT2D eigenvalue weighted by Crippen LogP contribution is 2.68. The maximum atomic E-state index is 14.0. The topological polar surface area (TPSA) is 138 Å². The number of fused-ring (bicyclic) bond motifs is 9. The summed E-state index contributed by atoms with van der Waals surface area (Å²) in [7, 11) is 0.